The number of hydrogen-bond acceptors (Lipinski definition) is 3. The van der Waals surface area contributed by atoms with Crippen LogP contribution in [0.4, 0.5) is 5.69 Å². The van der Waals surface area contributed by atoms with Crippen LogP contribution in [-0.4, -0.2) is 13.7 Å². The molecule has 0 fully saturated rings. The maximum Gasteiger partial charge on any atom is 0.119 e. The summed E-state index contributed by atoms with van der Waals surface area (Å²) in [6.45, 7) is 6.20. The van der Waals surface area contributed by atoms with Crippen LogP contribution in [0, 0.1) is 6.92 Å². The molecule has 0 aliphatic carbocycles. The van der Waals surface area contributed by atoms with E-state index in [0.717, 1.165) is 18.0 Å². The van der Waals surface area contributed by atoms with Crippen molar-refractivity contribution in [3.05, 3.63) is 59.2 Å². The molecule has 3 nitrogen and oxygen atoms in total. The predicted molar refractivity (Wildman–Crippen MR) is 86.8 cm³/mol. The average Bonchev–Trinajstić information content (AvgIpc) is 2.48. The molecule has 0 atom stereocenters. The molecule has 2 aromatic rings. The standard InChI is InChI=1S/C18H23NO2/c1-4-21-17-9-10-18(14(2)11-17)19-12-15-7-5-6-8-16(15)13-20-3/h5-11,19H,4,12-13H2,1-3H3. The van der Waals surface area contributed by atoms with E-state index in [-0.39, 0.29) is 0 Å². The van der Waals surface area contributed by atoms with Gasteiger partial charge in [-0.25, -0.2) is 0 Å². The third kappa shape index (κ3) is 4.23. The highest BCUT2D eigenvalue weighted by molar-refractivity contribution is 5.54. The zero-order valence-electron chi connectivity index (χ0n) is 13.0. The van der Waals surface area contributed by atoms with Crippen LogP contribution in [0.3, 0.4) is 0 Å². The summed E-state index contributed by atoms with van der Waals surface area (Å²) in [4.78, 5) is 0. The zero-order chi connectivity index (χ0) is 15.1. The van der Waals surface area contributed by atoms with Gasteiger partial charge in [0.2, 0.25) is 0 Å². The number of nitrogens with one attached hydrogen (secondary N) is 1. The molecule has 0 heterocycles. The lowest BCUT2D eigenvalue weighted by Crippen LogP contribution is -2.05. The maximum absolute atomic E-state index is 5.51. The highest BCUT2D eigenvalue weighted by Crippen LogP contribution is 2.22. The molecule has 1 N–H and O–H groups in total. The number of methoxy groups -OCH3 is 1. The predicted octanol–water partition coefficient (Wildman–Crippen LogP) is 4.15. The number of hydrogen-bond donors (Lipinski definition) is 1. The van der Waals surface area contributed by atoms with Gasteiger partial charge in [0.05, 0.1) is 13.2 Å². The van der Waals surface area contributed by atoms with Crippen molar-refractivity contribution in [2.45, 2.75) is 27.0 Å². The van der Waals surface area contributed by atoms with Crippen molar-refractivity contribution in [2.24, 2.45) is 0 Å². The van der Waals surface area contributed by atoms with Crippen LogP contribution >= 0.6 is 0 Å². The molecule has 0 aliphatic heterocycles. The number of ether oxygens (including phenoxy) is 2. The first kappa shape index (κ1) is 15.4. The molecule has 0 unspecified atom stereocenters. The van der Waals surface area contributed by atoms with Gasteiger partial charge in [-0.15, -0.1) is 0 Å². The van der Waals surface area contributed by atoms with E-state index >= 15 is 0 Å². The van der Waals surface area contributed by atoms with Gasteiger partial charge in [-0.1, -0.05) is 24.3 Å². The second-order valence-corrected chi connectivity index (χ2v) is 4.97. The number of rotatable bonds is 7. The Kier molecular flexibility index (Phi) is 5.64. The molecule has 0 bridgehead atoms. The Hall–Kier alpha value is -2.00. The second kappa shape index (κ2) is 7.70. The van der Waals surface area contributed by atoms with Crippen molar-refractivity contribution in [3.63, 3.8) is 0 Å². The van der Waals surface area contributed by atoms with Gasteiger partial charge in [0, 0.05) is 19.3 Å². The van der Waals surface area contributed by atoms with Crippen molar-refractivity contribution in [3.8, 4) is 5.75 Å². The third-order valence-corrected chi connectivity index (χ3v) is 3.40. The molecular formula is C18H23NO2. The Morgan fingerprint density at radius 1 is 1.05 bits per heavy atom. The summed E-state index contributed by atoms with van der Waals surface area (Å²) in [5.41, 5.74) is 4.79. The summed E-state index contributed by atoms with van der Waals surface area (Å²) < 4.78 is 10.8. The normalized spacial score (nSPS) is 10.4. The molecule has 0 saturated carbocycles. The minimum atomic E-state index is 0.639. The molecule has 2 rings (SSSR count). The summed E-state index contributed by atoms with van der Waals surface area (Å²) in [5.74, 6) is 0.917. The van der Waals surface area contributed by atoms with E-state index in [1.807, 2.05) is 19.1 Å². The minimum Gasteiger partial charge on any atom is -0.494 e. The van der Waals surface area contributed by atoms with Gasteiger partial charge in [0.25, 0.3) is 0 Å². The number of benzene rings is 2. The van der Waals surface area contributed by atoms with E-state index in [0.29, 0.717) is 13.2 Å². The minimum absolute atomic E-state index is 0.639. The van der Waals surface area contributed by atoms with Gasteiger partial charge in [-0.2, -0.15) is 0 Å². The SMILES string of the molecule is CCOc1ccc(NCc2ccccc2COC)c(C)c1. The molecule has 112 valence electrons. The van der Waals surface area contributed by atoms with Crippen LogP contribution in [0.1, 0.15) is 23.6 Å². The Morgan fingerprint density at radius 2 is 1.81 bits per heavy atom. The first-order valence-corrected chi connectivity index (χ1v) is 7.27. The van der Waals surface area contributed by atoms with Gasteiger partial charge in [-0.05, 0) is 48.7 Å². The Bertz CT molecular complexity index is 581. The maximum atomic E-state index is 5.51. The van der Waals surface area contributed by atoms with Gasteiger partial charge < -0.3 is 14.8 Å². The largest absolute Gasteiger partial charge is 0.494 e. The Labute approximate surface area is 126 Å². The molecule has 0 aliphatic rings. The monoisotopic (exact) mass is 285 g/mol. The lowest BCUT2D eigenvalue weighted by molar-refractivity contribution is 0.184. The fraction of sp³-hybridized carbons (Fsp3) is 0.333. The topological polar surface area (TPSA) is 30.5 Å². The van der Waals surface area contributed by atoms with Crippen LogP contribution < -0.4 is 10.1 Å². The fourth-order valence-electron chi connectivity index (χ4n) is 2.31. The number of aryl methyl sites for hydroxylation is 1. The number of anilines is 1. The van der Waals surface area contributed by atoms with E-state index in [9.17, 15) is 0 Å². The molecular weight excluding hydrogens is 262 g/mol. The van der Waals surface area contributed by atoms with Crippen molar-refractivity contribution < 1.29 is 9.47 Å². The van der Waals surface area contributed by atoms with Gasteiger partial charge in [0.1, 0.15) is 5.75 Å². The molecule has 3 heteroatoms. The Balaban J connectivity index is 2.06. The van der Waals surface area contributed by atoms with Crippen molar-refractivity contribution in [2.75, 3.05) is 19.0 Å². The Morgan fingerprint density at radius 3 is 2.48 bits per heavy atom. The van der Waals surface area contributed by atoms with Crippen molar-refractivity contribution in [1.29, 1.82) is 0 Å². The molecule has 0 aromatic heterocycles. The highest BCUT2D eigenvalue weighted by atomic mass is 16.5. The van der Waals surface area contributed by atoms with E-state index in [4.69, 9.17) is 9.47 Å². The molecule has 0 amide bonds. The van der Waals surface area contributed by atoms with Gasteiger partial charge >= 0.3 is 0 Å². The molecule has 0 spiro atoms. The van der Waals surface area contributed by atoms with Crippen LogP contribution in [0.15, 0.2) is 42.5 Å². The molecule has 2 aromatic carbocycles. The van der Waals surface area contributed by atoms with Crippen LogP contribution in [0.25, 0.3) is 0 Å². The summed E-state index contributed by atoms with van der Waals surface area (Å²) >= 11 is 0. The zero-order valence-corrected chi connectivity index (χ0v) is 13.0. The van der Waals surface area contributed by atoms with Crippen LogP contribution in [0.5, 0.6) is 5.75 Å². The van der Waals surface area contributed by atoms with Crippen LogP contribution in [-0.2, 0) is 17.9 Å². The lowest BCUT2D eigenvalue weighted by atomic mass is 10.1. The van der Waals surface area contributed by atoms with E-state index in [1.165, 1.54) is 16.7 Å². The smallest absolute Gasteiger partial charge is 0.119 e. The fourth-order valence-corrected chi connectivity index (χ4v) is 2.31. The quantitative estimate of drug-likeness (QED) is 0.829. The molecule has 0 saturated heterocycles. The average molecular weight is 285 g/mol. The lowest BCUT2D eigenvalue weighted by Gasteiger charge is -2.14. The van der Waals surface area contributed by atoms with Crippen LogP contribution in [0.2, 0.25) is 0 Å². The van der Waals surface area contributed by atoms with Crippen molar-refractivity contribution >= 4 is 5.69 Å². The first-order chi connectivity index (χ1) is 10.2. The summed E-state index contributed by atoms with van der Waals surface area (Å²) in [6.07, 6.45) is 0. The van der Waals surface area contributed by atoms with E-state index in [1.54, 1.807) is 7.11 Å². The third-order valence-electron chi connectivity index (χ3n) is 3.40. The highest BCUT2D eigenvalue weighted by Gasteiger charge is 2.04. The molecule has 0 radical (unpaired) electrons. The second-order valence-electron chi connectivity index (χ2n) is 4.97. The summed E-state index contributed by atoms with van der Waals surface area (Å²) in [7, 11) is 1.72. The van der Waals surface area contributed by atoms with E-state index in [2.05, 4.69) is 42.6 Å². The van der Waals surface area contributed by atoms with Gasteiger partial charge in [0.15, 0.2) is 0 Å². The van der Waals surface area contributed by atoms with Gasteiger partial charge in [-0.3, -0.25) is 0 Å². The summed E-state index contributed by atoms with van der Waals surface area (Å²) in [6, 6.07) is 14.5. The summed E-state index contributed by atoms with van der Waals surface area (Å²) in [5, 5.41) is 3.49. The van der Waals surface area contributed by atoms with Crippen molar-refractivity contribution in [1.82, 2.24) is 0 Å². The van der Waals surface area contributed by atoms with E-state index < -0.39 is 0 Å². The molecule has 21 heavy (non-hydrogen) atoms. The first-order valence-electron chi connectivity index (χ1n) is 7.27.